The van der Waals surface area contributed by atoms with Gasteiger partial charge < -0.3 is 19.3 Å². The van der Waals surface area contributed by atoms with E-state index in [1.54, 1.807) is 31.1 Å². The normalized spacial score (nSPS) is 22.0. The first-order valence-corrected chi connectivity index (χ1v) is 8.69. The molecule has 2 amide bonds. The highest BCUT2D eigenvalue weighted by Gasteiger charge is 2.42. The Balaban J connectivity index is 1.63. The summed E-state index contributed by atoms with van der Waals surface area (Å²) in [6.07, 6.45) is 4.28. The minimum atomic E-state index is -0.505. The Morgan fingerprint density at radius 2 is 2.08 bits per heavy atom. The molecule has 1 spiro atoms. The molecule has 0 unspecified atom stereocenters. The van der Waals surface area contributed by atoms with Crippen molar-refractivity contribution in [1.29, 1.82) is 0 Å². The molecule has 2 fully saturated rings. The fourth-order valence-electron chi connectivity index (χ4n) is 3.96. The van der Waals surface area contributed by atoms with Crippen LogP contribution in [0.1, 0.15) is 48.7 Å². The van der Waals surface area contributed by atoms with Gasteiger partial charge in [0.25, 0.3) is 5.91 Å². The van der Waals surface area contributed by atoms with Gasteiger partial charge in [0.15, 0.2) is 0 Å². The number of hydrogen-bond donors (Lipinski definition) is 1. The highest BCUT2D eigenvalue weighted by atomic mass is 16.3. The fourth-order valence-corrected chi connectivity index (χ4v) is 3.96. The summed E-state index contributed by atoms with van der Waals surface area (Å²) in [6.45, 7) is 6.03. The highest BCUT2D eigenvalue weighted by molar-refractivity contribution is 5.95. The van der Waals surface area contributed by atoms with Crippen LogP contribution in [-0.4, -0.2) is 59.0 Å². The summed E-state index contributed by atoms with van der Waals surface area (Å²) in [7, 11) is 0. The zero-order valence-corrected chi connectivity index (χ0v) is 14.5. The van der Waals surface area contributed by atoms with Crippen LogP contribution in [0.4, 0.5) is 0 Å². The maximum absolute atomic E-state index is 12.6. The van der Waals surface area contributed by atoms with Gasteiger partial charge in [-0.05, 0) is 44.6 Å². The molecule has 1 atom stereocenters. The Kier molecular flexibility index (Phi) is 4.67. The first-order chi connectivity index (χ1) is 11.4. The van der Waals surface area contributed by atoms with Crippen molar-refractivity contribution in [3.05, 3.63) is 23.7 Å². The Hall–Kier alpha value is -1.82. The summed E-state index contributed by atoms with van der Waals surface area (Å²) in [5.41, 5.74) is 0.728. The lowest BCUT2D eigenvalue weighted by Gasteiger charge is -2.47. The topological polar surface area (TPSA) is 74.0 Å². The summed E-state index contributed by atoms with van der Waals surface area (Å²) in [5.74, 6) is 0.824. The predicted molar refractivity (Wildman–Crippen MR) is 88.5 cm³/mol. The molecule has 1 aromatic heterocycles. The number of likely N-dealkylation sites (tertiary alicyclic amines) is 2. The third-order valence-electron chi connectivity index (χ3n) is 5.43. The SMILES string of the molecule is Cc1occc1C(=O)N1CCC2(CCC(=O)N(C[C@@H](C)O)C2)CC1. The van der Waals surface area contributed by atoms with Gasteiger partial charge in [0, 0.05) is 32.6 Å². The lowest BCUT2D eigenvalue weighted by Crippen LogP contribution is -2.53. The van der Waals surface area contributed by atoms with Crippen molar-refractivity contribution in [1.82, 2.24) is 9.80 Å². The Labute approximate surface area is 142 Å². The average Bonchev–Trinajstić information content (AvgIpc) is 2.97. The fraction of sp³-hybridized carbons (Fsp3) is 0.667. The molecule has 2 aliphatic rings. The van der Waals surface area contributed by atoms with Crippen LogP contribution in [0.5, 0.6) is 0 Å². The first-order valence-electron chi connectivity index (χ1n) is 8.69. The highest BCUT2D eigenvalue weighted by Crippen LogP contribution is 2.40. The van der Waals surface area contributed by atoms with Gasteiger partial charge in [0.1, 0.15) is 5.76 Å². The number of aliphatic hydroxyl groups is 1. The van der Waals surface area contributed by atoms with Crippen LogP contribution < -0.4 is 0 Å². The molecule has 132 valence electrons. The molecule has 24 heavy (non-hydrogen) atoms. The van der Waals surface area contributed by atoms with Gasteiger partial charge >= 0.3 is 0 Å². The molecule has 0 saturated carbocycles. The number of furan rings is 1. The van der Waals surface area contributed by atoms with Crippen LogP contribution in [0.2, 0.25) is 0 Å². The van der Waals surface area contributed by atoms with Gasteiger partial charge in [0.05, 0.1) is 17.9 Å². The van der Waals surface area contributed by atoms with Gasteiger partial charge in [-0.2, -0.15) is 0 Å². The minimum Gasteiger partial charge on any atom is -0.469 e. The van der Waals surface area contributed by atoms with Crippen LogP contribution >= 0.6 is 0 Å². The van der Waals surface area contributed by atoms with Crippen molar-refractivity contribution in [2.24, 2.45) is 5.41 Å². The molecule has 0 bridgehead atoms. The van der Waals surface area contributed by atoms with Crippen LogP contribution in [0.3, 0.4) is 0 Å². The molecule has 1 aromatic rings. The second-order valence-electron chi connectivity index (χ2n) is 7.31. The van der Waals surface area contributed by atoms with E-state index in [1.807, 2.05) is 4.90 Å². The van der Waals surface area contributed by atoms with Crippen molar-refractivity contribution < 1.29 is 19.1 Å². The molecule has 3 rings (SSSR count). The largest absolute Gasteiger partial charge is 0.469 e. The predicted octanol–water partition coefficient (Wildman–Crippen LogP) is 1.81. The second kappa shape index (κ2) is 6.59. The maximum atomic E-state index is 12.6. The molecule has 2 saturated heterocycles. The number of aryl methyl sites for hydroxylation is 1. The number of carbonyl (C=O) groups is 2. The second-order valence-corrected chi connectivity index (χ2v) is 7.31. The quantitative estimate of drug-likeness (QED) is 0.915. The Bertz CT molecular complexity index is 614. The zero-order chi connectivity index (χ0) is 17.3. The van der Waals surface area contributed by atoms with Gasteiger partial charge in [-0.3, -0.25) is 9.59 Å². The van der Waals surface area contributed by atoms with E-state index in [0.29, 0.717) is 43.9 Å². The van der Waals surface area contributed by atoms with Gasteiger partial charge in [-0.15, -0.1) is 0 Å². The molecular formula is C18H26N2O4. The van der Waals surface area contributed by atoms with E-state index in [0.717, 1.165) is 19.3 Å². The molecule has 0 aliphatic carbocycles. The van der Waals surface area contributed by atoms with E-state index < -0.39 is 6.10 Å². The van der Waals surface area contributed by atoms with Crippen molar-refractivity contribution in [3.63, 3.8) is 0 Å². The molecule has 2 aliphatic heterocycles. The first kappa shape index (κ1) is 17.0. The summed E-state index contributed by atoms with van der Waals surface area (Å²) in [5, 5.41) is 9.60. The summed E-state index contributed by atoms with van der Waals surface area (Å²) < 4.78 is 5.23. The summed E-state index contributed by atoms with van der Waals surface area (Å²) in [6, 6.07) is 1.73. The number of hydrogen-bond acceptors (Lipinski definition) is 4. The molecule has 6 heteroatoms. The van der Waals surface area contributed by atoms with Gasteiger partial charge in [-0.25, -0.2) is 0 Å². The van der Waals surface area contributed by atoms with E-state index >= 15 is 0 Å². The number of aliphatic hydroxyl groups excluding tert-OH is 1. The number of nitrogens with zero attached hydrogens (tertiary/aromatic N) is 2. The van der Waals surface area contributed by atoms with Crippen LogP contribution in [0.25, 0.3) is 0 Å². The van der Waals surface area contributed by atoms with Crippen LogP contribution in [0.15, 0.2) is 16.7 Å². The van der Waals surface area contributed by atoms with Crippen LogP contribution in [0, 0.1) is 12.3 Å². The van der Waals surface area contributed by atoms with Crippen molar-refractivity contribution >= 4 is 11.8 Å². The van der Waals surface area contributed by atoms with Crippen molar-refractivity contribution in [2.75, 3.05) is 26.2 Å². The van der Waals surface area contributed by atoms with E-state index in [1.165, 1.54) is 0 Å². The average molecular weight is 334 g/mol. The zero-order valence-electron chi connectivity index (χ0n) is 14.5. The van der Waals surface area contributed by atoms with Crippen molar-refractivity contribution in [2.45, 2.75) is 45.6 Å². The minimum absolute atomic E-state index is 0.0313. The molecule has 1 N–H and O–H groups in total. The standard InChI is InChI=1S/C18H26N2O4/c1-13(21)11-20-12-18(5-3-16(20)22)6-8-19(9-7-18)17(23)15-4-10-24-14(15)2/h4,10,13,21H,3,5-9,11-12H2,1-2H3/t13-/m1/s1. The van der Waals surface area contributed by atoms with Gasteiger partial charge in [0.2, 0.25) is 5.91 Å². The number of amides is 2. The van der Waals surface area contributed by atoms with Gasteiger partial charge in [-0.1, -0.05) is 0 Å². The molecular weight excluding hydrogens is 308 g/mol. The maximum Gasteiger partial charge on any atom is 0.257 e. The summed E-state index contributed by atoms with van der Waals surface area (Å²) >= 11 is 0. The molecule has 6 nitrogen and oxygen atoms in total. The Morgan fingerprint density at radius 1 is 1.38 bits per heavy atom. The third-order valence-corrected chi connectivity index (χ3v) is 5.43. The van der Waals surface area contributed by atoms with Crippen molar-refractivity contribution in [3.8, 4) is 0 Å². The number of piperidine rings is 2. The Morgan fingerprint density at radius 3 is 2.67 bits per heavy atom. The van der Waals surface area contributed by atoms with E-state index in [2.05, 4.69) is 0 Å². The number of β-amino-alcohol motifs (C(OH)–C–C–N with tert-alkyl or cyclic N) is 1. The van der Waals surface area contributed by atoms with E-state index in [-0.39, 0.29) is 17.2 Å². The monoisotopic (exact) mass is 334 g/mol. The lowest BCUT2D eigenvalue weighted by atomic mass is 9.72. The van der Waals surface area contributed by atoms with Crippen LogP contribution in [-0.2, 0) is 4.79 Å². The van der Waals surface area contributed by atoms with E-state index in [4.69, 9.17) is 4.42 Å². The summed E-state index contributed by atoms with van der Waals surface area (Å²) in [4.78, 5) is 28.3. The number of carbonyl (C=O) groups excluding carboxylic acids is 2. The molecule has 0 aromatic carbocycles. The molecule has 3 heterocycles. The third kappa shape index (κ3) is 3.34. The number of rotatable bonds is 3. The lowest BCUT2D eigenvalue weighted by molar-refractivity contribution is -0.140. The van der Waals surface area contributed by atoms with E-state index in [9.17, 15) is 14.7 Å². The molecule has 0 radical (unpaired) electrons. The smallest absolute Gasteiger partial charge is 0.257 e.